The van der Waals surface area contributed by atoms with Crippen molar-refractivity contribution in [3.8, 4) is 0 Å². The molecule has 2 atom stereocenters. The molecule has 0 amide bonds. The van der Waals surface area contributed by atoms with E-state index in [9.17, 15) is 0 Å². The number of nitrogens with one attached hydrogen (secondary N) is 1. The Morgan fingerprint density at radius 1 is 1.48 bits per heavy atom. The van der Waals surface area contributed by atoms with Gasteiger partial charge in [0.15, 0.2) is 0 Å². The Kier molecular flexibility index (Phi) is 5.54. The van der Waals surface area contributed by atoms with Crippen LogP contribution in [0.4, 0.5) is 0 Å². The number of ether oxygens (including phenoxy) is 1. The van der Waals surface area contributed by atoms with Crippen LogP contribution in [0.3, 0.4) is 0 Å². The molecule has 21 heavy (non-hydrogen) atoms. The van der Waals surface area contributed by atoms with E-state index in [1.807, 2.05) is 0 Å². The first-order chi connectivity index (χ1) is 10.3. The third-order valence-electron chi connectivity index (χ3n) is 4.30. The fourth-order valence-corrected chi connectivity index (χ4v) is 5.88. The topological polar surface area (TPSA) is 21.3 Å². The Morgan fingerprint density at radius 2 is 2.43 bits per heavy atom. The van der Waals surface area contributed by atoms with Crippen molar-refractivity contribution in [3.05, 3.63) is 29.8 Å². The Balaban J connectivity index is 1.60. The van der Waals surface area contributed by atoms with E-state index >= 15 is 0 Å². The van der Waals surface area contributed by atoms with Crippen LogP contribution < -0.4 is 5.32 Å². The van der Waals surface area contributed by atoms with Crippen LogP contribution in [-0.4, -0.2) is 35.5 Å². The smallest absolute Gasteiger partial charge is 0.0791 e. The van der Waals surface area contributed by atoms with E-state index in [4.69, 9.17) is 4.74 Å². The SMILES string of the molecule is CCNCc1cccc(SC2CCOC3(CCSC3)C2)c1. The molecule has 0 aliphatic carbocycles. The van der Waals surface area contributed by atoms with Crippen LogP contribution in [0.15, 0.2) is 29.2 Å². The second-order valence-electron chi connectivity index (χ2n) is 5.99. The second-order valence-corrected chi connectivity index (χ2v) is 8.47. The maximum Gasteiger partial charge on any atom is 0.0791 e. The maximum atomic E-state index is 6.13. The van der Waals surface area contributed by atoms with Gasteiger partial charge in [-0.25, -0.2) is 0 Å². The summed E-state index contributed by atoms with van der Waals surface area (Å²) < 4.78 is 6.13. The van der Waals surface area contributed by atoms with Gasteiger partial charge in [-0.15, -0.1) is 11.8 Å². The minimum Gasteiger partial charge on any atom is -0.374 e. The third-order valence-corrected chi connectivity index (χ3v) is 6.78. The Bertz CT molecular complexity index is 460. The molecule has 1 aromatic rings. The van der Waals surface area contributed by atoms with Gasteiger partial charge >= 0.3 is 0 Å². The van der Waals surface area contributed by atoms with Gasteiger partial charge in [-0.1, -0.05) is 19.1 Å². The summed E-state index contributed by atoms with van der Waals surface area (Å²) in [5.41, 5.74) is 1.59. The summed E-state index contributed by atoms with van der Waals surface area (Å²) in [5.74, 6) is 2.47. The summed E-state index contributed by atoms with van der Waals surface area (Å²) in [7, 11) is 0. The van der Waals surface area contributed by atoms with E-state index in [1.54, 1.807) is 0 Å². The maximum absolute atomic E-state index is 6.13. The highest BCUT2D eigenvalue weighted by atomic mass is 32.2. The van der Waals surface area contributed by atoms with Gasteiger partial charge in [0.25, 0.3) is 0 Å². The van der Waals surface area contributed by atoms with Crippen molar-refractivity contribution < 1.29 is 4.74 Å². The van der Waals surface area contributed by atoms with Gasteiger partial charge < -0.3 is 10.1 Å². The number of hydrogen-bond donors (Lipinski definition) is 1. The molecule has 1 aromatic carbocycles. The second kappa shape index (κ2) is 7.40. The van der Waals surface area contributed by atoms with Gasteiger partial charge in [0, 0.05) is 29.0 Å². The molecule has 3 rings (SSSR count). The van der Waals surface area contributed by atoms with Crippen LogP contribution in [0.25, 0.3) is 0 Å². The zero-order valence-electron chi connectivity index (χ0n) is 12.8. The summed E-state index contributed by atoms with van der Waals surface area (Å²) in [5, 5.41) is 4.12. The van der Waals surface area contributed by atoms with Crippen molar-refractivity contribution in [2.75, 3.05) is 24.7 Å². The molecule has 0 bridgehead atoms. The zero-order chi connectivity index (χ0) is 14.5. The summed E-state index contributed by atoms with van der Waals surface area (Å²) in [6.45, 7) is 5.09. The molecule has 2 unspecified atom stereocenters. The highest BCUT2D eigenvalue weighted by molar-refractivity contribution is 8.00. The number of rotatable bonds is 5. The van der Waals surface area contributed by atoms with Gasteiger partial charge in [-0.3, -0.25) is 0 Å². The summed E-state index contributed by atoms with van der Waals surface area (Å²) in [6, 6.07) is 9.01. The average Bonchev–Trinajstić information content (AvgIpc) is 2.93. The van der Waals surface area contributed by atoms with Gasteiger partial charge in [0.1, 0.15) is 0 Å². The molecule has 2 aliphatic rings. The molecular formula is C17H25NOS2. The van der Waals surface area contributed by atoms with E-state index in [1.165, 1.54) is 41.2 Å². The van der Waals surface area contributed by atoms with E-state index in [2.05, 4.69) is 60.0 Å². The van der Waals surface area contributed by atoms with Gasteiger partial charge in [-0.2, -0.15) is 11.8 Å². The summed E-state index contributed by atoms with van der Waals surface area (Å²) >= 11 is 4.11. The minimum atomic E-state index is 0.196. The number of benzene rings is 1. The van der Waals surface area contributed by atoms with Crippen LogP contribution in [0.2, 0.25) is 0 Å². The molecule has 2 aliphatic heterocycles. The molecule has 1 N–H and O–H groups in total. The molecule has 4 heteroatoms. The van der Waals surface area contributed by atoms with Gasteiger partial charge in [0.2, 0.25) is 0 Å². The minimum absolute atomic E-state index is 0.196. The summed E-state index contributed by atoms with van der Waals surface area (Å²) in [4.78, 5) is 1.41. The molecule has 2 nitrogen and oxygen atoms in total. The van der Waals surface area contributed by atoms with E-state index < -0.39 is 0 Å². The standard InChI is InChI=1S/C17H25NOS2/c1-2-18-12-14-4-3-5-15(10-14)21-16-6-8-19-17(11-16)7-9-20-13-17/h3-5,10,16,18H,2,6-9,11-13H2,1H3. The van der Waals surface area contributed by atoms with Crippen LogP contribution >= 0.6 is 23.5 Å². The molecule has 116 valence electrons. The van der Waals surface area contributed by atoms with Crippen LogP contribution in [-0.2, 0) is 11.3 Å². The van der Waals surface area contributed by atoms with Gasteiger partial charge in [-0.05, 0) is 49.3 Å². The summed E-state index contributed by atoms with van der Waals surface area (Å²) in [6.07, 6.45) is 3.66. The molecule has 0 aromatic heterocycles. The first-order valence-corrected chi connectivity index (χ1v) is 10.0. The third kappa shape index (κ3) is 4.19. The molecular weight excluding hydrogens is 298 g/mol. The molecule has 2 saturated heterocycles. The molecule has 0 saturated carbocycles. The monoisotopic (exact) mass is 323 g/mol. The number of hydrogen-bond acceptors (Lipinski definition) is 4. The van der Waals surface area contributed by atoms with Crippen LogP contribution in [0.5, 0.6) is 0 Å². The van der Waals surface area contributed by atoms with Crippen molar-refractivity contribution in [3.63, 3.8) is 0 Å². The van der Waals surface area contributed by atoms with Crippen LogP contribution in [0, 0.1) is 0 Å². The fraction of sp³-hybridized carbons (Fsp3) is 0.647. The quantitative estimate of drug-likeness (QED) is 0.885. The normalized spacial score (nSPS) is 29.1. The molecule has 0 radical (unpaired) electrons. The van der Waals surface area contributed by atoms with Crippen molar-refractivity contribution in [1.29, 1.82) is 0 Å². The predicted octanol–water partition coefficient (Wildman–Crippen LogP) is 3.94. The zero-order valence-corrected chi connectivity index (χ0v) is 14.4. The number of thioether (sulfide) groups is 2. The molecule has 1 spiro atoms. The average molecular weight is 324 g/mol. The first-order valence-electron chi connectivity index (χ1n) is 7.98. The predicted molar refractivity (Wildman–Crippen MR) is 93.3 cm³/mol. The lowest BCUT2D eigenvalue weighted by Gasteiger charge is -2.37. The highest BCUT2D eigenvalue weighted by Gasteiger charge is 2.40. The van der Waals surface area contributed by atoms with E-state index in [0.717, 1.165) is 19.7 Å². The first kappa shape index (κ1) is 15.7. The Hall–Kier alpha value is -0.160. The van der Waals surface area contributed by atoms with E-state index in [0.29, 0.717) is 5.25 Å². The highest BCUT2D eigenvalue weighted by Crippen LogP contribution is 2.43. The van der Waals surface area contributed by atoms with Gasteiger partial charge in [0.05, 0.1) is 5.60 Å². The Morgan fingerprint density at radius 3 is 3.24 bits per heavy atom. The lowest BCUT2D eigenvalue weighted by Crippen LogP contribution is -2.40. The van der Waals surface area contributed by atoms with E-state index in [-0.39, 0.29) is 5.60 Å². The molecule has 2 heterocycles. The van der Waals surface area contributed by atoms with Crippen molar-refractivity contribution in [1.82, 2.24) is 5.32 Å². The van der Waals surface area contributed by atoms with Crippen LogP contribution in [0.1, 0.15) is 31.7 Å². The van der Waals surface area contributed by atoms with Crippen molar-refractivity contribution >= 4 is 23.5 Å². The lowest BCUT2D eigenvalue weighted by atomic mass is 9.93. The largest absolute Gasteiger partial charge is 0.374 e. The van der Waals surface area contributed by atoms with Crippen molar-refractivity contribution in [2.45, 2.75) is 48.5 Å². The fourth-order valence-electron chi connectivity index (χ4n) is 3.14. The van der Waals surface area contributed by atoms with Crippen molar-refractivity contribution in [2.24, 2.45) is 0 Å². The Labute approximate surface area is 136 Å². The lowest BCUT2D eigenvalue weighted by molar-refractivity contribution is -0.0562. The molecule has 2 fully saturated rings.